The molecule has 1 amide bonds. The molecule has 0 radical (unpaired) electrons. The van der Waals surface area contributed by atoms with E-state index in [2.05, 4.69) is 5.32 Å². The summed E-state index contributed by atoms with van der Waals surface area (Å²) in [7, 11) is 3.64. The molecule has 1 rings (SSSR count). The summed E-state index contributed by atoms with van der Waals surface area (Å²) in [4.78, 5) is 13.4. The number of likely N-dealkylation sites (N-methyl/N-ethyl adjacent to an activating group) is 1. The van der Waals surface area contributed by atoms with Gasteiger partial charge in [0.05, 0.1) is 6.04 Å². The van der Waals surface area contributed by atoms with Gasteiger partial charge in [-0.25, -0.2) is 0 Å². The van der Waals surface area contributed by atoms with Crippen molar-refractivity contribution in [1.29, 1.82) is 0 Å². The van der Waals surface area contributed by atoms with Crippen molar-refractivity contribution >= 4 is 5.91 Å². The van der Waals surface area contributed by atoms with Crippen molar-refractivity contribution < 1.29 is 4.79 Å². The molecule has 1 fully saturated rings. The Bertz CT molecular complexity index is 208. The average molecular weight is 226 g/mol. The van der Waals surface area contributed by atoms with Crippen LogP contribution in [0.4, 0.5) is 0 Å². The molecule has 1 aliphatic carbocycles. The number of hydrogen-bond donors (Lipinski definition) is 1. The van der Waals surface area contributed by atoms with Crippen LogP contribution in [0.5, 0.6) is 0 Å². The SMILES string of the molecule is C[C@@H](NC1CCCCCCC1)C(=O)N(C)C. The van der Waals surface area contributed by atoms with Gasteiger partial charge in [-0.2, -0.15) is 0 Å². The second kappa shape index (κ2) is 6.89. The van der Waals surface area contributed by atoms with Crippen LogP contribution in [0.15, 0.2) is 0 Å². The third-order valence-corrected chi connectivity index (χ3v) is 3.40. The monoisotopic (exact) mass is 226 g/mol. The highest BCUT2D eigenvalue weighted by Crippen LogP contribution is 2.17. The van der Waals surface area contributed by atoms with Crippen LogP contribution in [0.3, 0.4) is 0 Å². The predicted octanol–water partition coefficient (Wildman–Crippen LogP) is 2.17. The van der Waals surface area contributed by atoms with Crippen LogP contribution in [-0.2, 0) is 4.79 Å². The lowest BCUT2D eigenvalue weighted by Gasteiger charge is -2.26. The Morgan fingerprint density at radius 2 is 1.62 bits per heavy atom. The summed E-state index contributed by atoms with van der Waals surface area (Å²) < 4.78 is 0. The second-order valence-electron chi connectivity index (χ2n) is 5.16. The highest BCUT2D eigenvalue weighted by Gasteiger charge is 2.19. The smallest absolute Gasteiger partial charge is 0.238 e. The van der Waals surface area contributed by atoms with Crippen molar-refractivity contribution in [3.05, 3.63) is 0 Å². The summed E-state index contributed by atoms with van der Waals surface area (Å²) in [5.41, 5.74) is 0. The number of rotatable bonds is 3. The van der Waals surface area contributed by atoms with E-state index in [0.717, 1.165) is 0 Å². The van der Waals surface area contributed by atoms with Crippen molar-refractivity contribution in [2.24, 2.45) is 0 Å². The Morgan fingerprint density at radius 3 is 2.12 bits per heavy atom. The number of carbonyl (C=O) groups is 1. The van der Waals surface area contributed by atoms with E-state index in [1.807, 2.05) is 21.0 Å². The Balaban J connectivity index is 2.35. The van der Waals surface area contributed by atoms with Gasteiger partial charge >= 0.3 is 0 Å². The molecule has 0 bridgehead atoms. The quantitative estimate of drug-likeness (QED) is 0.800. The van der Waals surface area contributed by atoms with E-state index in [1.165, 1.54) is 44.9 Å². The van der Waals surface area contributed by atoms with E-state index in [0.29, 0.717) is 6.04 Å². The minimum absolute atomic E-state index is 0.0422. The van der Waals surface area contributed by atoms with Crippen LogP contribution in [0.2, 0.25) is 0 Å². The van der Waals surface area contributed by atoms with Crippen LogP contribution in [0.1, 0.15) is 51.9 Å². The maximum atomic E-state index is 11.7. The molecule has 0 aromatic rings. The van der Waals surface area contributed by atoms with Crippen molar-refractivity contribution in [2.75, 3.05) is 14.1 Å². The van der Waals surface area contributed by atoms with Crippen LogP contribution < -0.4 is 5.32 Å². The first-order valence-corrected chi connectivity index (χ1v) is 6.58. The molecule has 0 aromatic carbocycles. The zero-order valence-electron chi connectivity index (χ0n) is 11.0. The second-order valence-corrected chi connectivity index (χ2v) is 5.16. The number of carbonyl (C=O) groups excluding carboxylic acids is 1. The fourth-order valence-corrected chi connectivity index (χ4v) is 2.43. The molecule has 3 heteroatoms. The first-order valence-electron chi connectivity index (χ1n) is 6.58. The molecule has 94 valence electrons. The fourth-order valence-electron chi connectivity index (χ4n) is 2.43. The molecule has 1 N–H and O–H groups in total. The number of nitrogens with one attached hydrogen (secondary N) is 1. The van der Waals surface area contributed by atoms with E-state index in [1.54, 1.807) is 4.90 Å². The molecule has 0 aromatic heterocycles. The third-order valence-electron chi connectivity index (χ3n) is 3.40. The van der Waals surface area contributed by atoms with Crippen molar-refractivity contribution in [2.45, 2.75) is 64.0 Å². The standard InChI is InChI=1S/C13H26N2O/c1-11(13(16)15(2)3)14-12-9-7-5-4-6-8-10-12/h11-12,14H,4-10H2,1-3H3/t11-/m1/s1. The van der Waals surface area contributed by atoms with Crippen molar-refractivity contribution in [1.82, 2.24) is 10.2 Å². The van der Waals surface area contributed by atoms with Gasteiger partial charge in [0.1, 0.15) is 0 Å². The first kappa shape index (κ1) is 13.5. The average Bonchev–Trinajstić information content (AvgIpc) is 2.20. The van der Waals surface area contributed by atoms with Gasteiger partial charge < -0.3 is 10.2 Å². The predicted molar refractivity (Wildman–Crippen MR) is 67.4 cm³/mol. The molecule has 0 heterocycles. The highest BCUT2D eigenvalue weighted by atomic mass is 16.2. The first-order chi connectivity index (χ1) is 7.61. The maximum Gasteiger partial charge on any atom is 0.238 e. The van der Waals surface area contributed by atoms with Gasteiger partial charge in [-0.1, -0.05) is 32.1 Å². The Labute approximate surface area is 99.6 Å². The molecule has 0 unspecified atom stereocenters. The number of hydrogen-bond acceptors (Lipinski definition) is 2. The van der Waals surface area contributed by atoms with Crippen LogP contribution in [0.25, 0.3) is 0 Å². The lowest BCUT2D eigenvalue weighted by molar-refractivity contribution is -0.130. The van der Waals surface area contributed by atoms with Gasteiger partial charge in [0.2, 0.25) is 5.91 Å². The summed E-state index contributed by atoms with van der Waals surface area (Å²) in [5.74, 6) is 0.182. The minimum Gasteiger partial charge on any atom is -0.347 e. The Kier molecular flexibility index (Phi) is 5.81. The molecular weight excluding hydrogens is 200 g/mol. The third kappa shape index (κ3) is 4.52. The highest BCUT2D eigenvalue weighted by molar-refractivity contribution is 5.80. The van der Waals surface area contributed by atoms with Gasteiger partial charge in [-0.15, -0.1) is 0 Å². The summed E-state index contributed by atoms with van der Waals surface area (Å²) in [6, 6.07) is 0.499. The minimum atomic E-state index is -0.0422. The van der Waals surface area contributed by atoms with E-state index in [-0.39, 0.29) is 11.9 Å². The van der Waals surface area contributed by atoms with Crippen LogP contribution in [-0.4, -0.2) is 37.0 Å². The molecular formula is C13H26N2O. The van der Waals surface area contributed by atoms with E-state index < -0.39 is 0 Å². The zero-order chi connectivity index (χ0) is 12.0. The summed E-state index contributed by atoms with van der Waals surface area (Å²) in [6.45, 7) is 1.97. The van der Waals surface area contributed by atoms with Crippen LogP contribution in [0, 0.1) is 0 Å². The lowest BCUT2D eigenvalue weighted by Crippen LogP contribution is -2.46. The van der Waals surface area contributed by atoms with E-state index in [9.17, 15) is 4.79 Å². The normalized spacial score (nSPS) is 20.9. The van der Waals surface area contributed by atoms with Gasteiger partial charge in [0.15, 0.2) is 0 Å². The van der Waals surface area contributed by atoms with E-state index in [4.69, 9.17) is 0 Å². The molecule has 0 saturated heterocycles. The molecule has 3 nitrogen and oxygen atoms in total. The van der Waals surface area contributed by atoms with Gasteiger partial charge in [0.25, 0.3) is 0 Å². The fraction of sp³-hybridized carbons (Fsp3) is 0.923. The zero-order valence-corrected chi connectivity index (χ0v) is 11.0. The number of nitrogens with zero attached hydrogens (tertiary/aromatic N) is 1. The molecule has 1 atom stereocenters. The van der Waals surface area contributed by atoms with Gasteiger partial charge in [-0.05, 0) is 19.8 Å². The summed E-state index contributed by atoms with van der Waals surface area (Å²) in [5, 5.41) is 3.48. The van der Waals surface area contributed by atoms with Crippen molar-refractivity contribution in [3.63, 3.8) is 0 Å². The van der Waals surface area contributed by atoms with Crippen molar-refractivity contribution in [3.8, 4) is 0 Å². The number of amides is 1. The largest absolute Gasteiger partial charge is 0.347 e. The summed E-state index contributed by atoms with van der Waals surface area (Å²) >= 11 is 0. The van der Waals surface area contributed by atoms with Gasteiger partial charge in [-0.3, -0.25) is 4.79 Å². The Hall–Kier alpha value is -0.570. The summed E-state index contributed by atoms with van der Waals surface area (Å²) in [6.07, 6.45) is 9.17. The van der Waals surface area contributed by atoms with Crippen LogP contribution >= 0.6 is 0 Å². The maximum absolute atomic E-state index is 11.7. The Morgan fingerprint density at radius 1 is 1.12 bits per heavy atom. The molecule has 0 spiro atoms. The topological polar surface area (TPSA) is 32.3 Å². The molecule has 1 aliphatic rings. The molecule has 1 saturated carbocycles. The molecule has 0 aliphatic heterocycles. The lowest BCUT2D eigenvalue weighted by atomic mass is 9.96. The van der Waals surface area contributed by atoms with E-state index >= 15 is 0 Å². The molecule has 16 heavy (non-hydrogen) atoms. The van der Waals surface area contributed by atoms with Gasteiger partial charge in [0, 0.05) is 20.1 Å².